The quantitative estimate of drug-likeness (QED) is 0.410. The van der Waals surface area contributed by atoms with Crippen molar-refractivity contribution in [2.45, 2.75) is 46.5 Å². The minimum absolute atomic E-state index is 0.112. The summed E-state index contributed by atoms with van der Waals surface area (Å²) >= 11 is 1.41. The molecule has 1 aliphatic rings. The summed E-state index contributed by atoms with van der Waals surface area (Å²) in [5, 5.41) is 14.5. The molecule has 1 heterocycles. The van der Waals surface area contributed by atoms with Crippen molar-refractivity contribution in [3.8, 4) is 0 Å². The average molecular weight is 416 g/mol. The molecule has 0 saturated heterocycles. The average Bonchev–Trinajstić information content (AvgIpc) is 3.04. The van der Waals surface area contributed by atoms with Gasteiger partial charge in [0.05, 0.1) is 17.1 Å². The van der Waals surface area contributed by atoms with Crippen LogP contribution in [-0.2, 0) is 17.6 Å². The van der Waals surface area contributed by atoms with Crippen LogP contribution >= 0.6 is 11.3 Å². The van der Waals surface area contributed by atoms with Gasteiger partial charge in [0.15, 0.2) is 0 Å². The van der Waals surface area contributed by atoms with Crippen LogP contribution in [-0.4, -0.2) is 23.4 Å². The number of hydrogen-bond donors (Lipinski definition) is 1. The zero-order chi connectivity index (χ0) is 21.1. The molecule has 2 aromatic rings. The van der Waals surface area contributed by atoms with E-state index >= 15 is 0 Å². The number of anilines is 1. The summed E-state index contributed by atoms with van der Waals surface area (Å²) in [6.07, 6.45) is 3.74. The normalized spacial score (nSPS) is 15.5. The van der Waals surface area contributed by atoms with Gasteiger partial charge >= 0.3 is 5.97 Å². The van der Waals surface area contributed by atoms with Gasteiger partial charge in [-0.15, -0.1) is 11.3 Å². The molecule has 1 N–H and O–H groups in total. The van der Waals surface area contributed by atoms with Gasteiger partial charge in [-0.1, -0.05) is 19.4 Å². The Morgan fingerprint density at radius 3 is 2.76 bits per heavy atom. The Balaban J connectivity index is 1.97. The second-order valence-corrected chi connectivity index (χ2v) is 8.21. The number of carbonyl (C=O) groups excluding carboxylic acids is 2. The minimum atomic E-state index is -0.509. The Hall–Kier alpha value is -2.74. The van der Waals surface area contributed by atoms with Crippen LogP contribution in [0.15, 0.2) is 18.2 Å². The smallest absolute Gasteiger partial charge is 0.341 e. The van der Waals surface area contributed by atoms with E-state index in [1.807, 2.05) is 0 Å². The molecule has 1 aromatic carbocycles. The maximum atomic E-state index is 12.9. The number of nitrogens with zero attached hydrogens (tertiary/aromatic N) is 1. The lowest BCUT2D eigenvalue weighted by atomic mass is 9.85. The van der Waals surface area contributed by atoms with Crippen LogP contribution in [0.5, 0.6) is 0 Å². The number of benzene rings is 1. The van der Waals surface area contributed by atoms with E-state index in [0.29, 0.717) is 22.0 Å². The maximum Gasteiger partial charge on any atom is 0.341 e. The summed E-state index contributed by atoms with van der Waals surface area (Å²) < 4.78 is 5.23. The topological polar surface area (TPSA) is 98.5 Å². The Morgan fingerprint density at radius 2 is 2.10 bits per heavy atom. The highest BCUT2D eigenvalue weighted by Crippen LogP contribution is 2.41. The minimum Gasteiger partial charge on any atom is -0.462 e. The molecule has 1 amide bonds. The molecule has 0 bridgehead atoms. The second-order valence-electron chi connectivity index (χ2n) is 7.11. The van der Waals surface area contributed by atoms with Gasteiger partial charge in [-0.25, -0.2) is 4.79 Å². The van der Waals surface area contributed by atoms with Crippen LogP contribution in [0.4, 0.5) is 10.7 Å². The van der Waals surface area contributed by atoms with Crippen molar-refractivity contribution in [3.63, 3.8) is 0 Å². The van der Waals surface area contributed by atoms with Crippen molar-refractivity contribution in [1.82, 2.24) is 0 Å². The standard InChI is InChI=1S/C21H24N2O5S/c1-4-13-9-10-15-17(11-13)29-20(18(15)21(25)28-5-2)22-19(24)14-7-6-8-16(12(14)3)23(26)27/h6-8,13H,4-5,9-11H2,1-3H3,(H,22,24)/t13-/m0/s1. The summed E-state index contributed by atoms with van der Waals surface area (Å²) in [6, 6.07) is 4.39. The highest BCUT2D eigenvalue weighted by Gasteiger charge is 2.30. The van der Waals surface area contributed by atoms with Gasteiger partial charge in [0.25, 0.3) is 11.6 Å². The van der Waals surface area contributed by atoms with Crippen LogP contribution < -0.4 is 5.32 Å². The lowest BCUT2D eigenvalue weighted by molar-refractivity contribution is -0.385. The monoisotopic (exact) mass is 416 g/mol. The van der Waals surface area contributed by atoms with Crippen LogP contribution in [0.25, 0.3) is 0 Å². The molecule has 154 valence electrons. The first-order valence-electron chi connectivity index (χ1n) is 9.74. The highest BCUT2D eigenvalue weighted by atomic mass is 32.1. The number of esters is 1. The Morgan fingerprint density at radius 1 is 1.34 bits per heavy atom. The molecular formula is C21H24N2O5S. The van der Waals surface area contributed by atoms with Crippen LogP contribution in [0, 0.1) is 23.0 Å². The molecule has 3 rings (SSSR count). The fourth-order valence-corrected chi connectivity index (χ4v) is 5.09. The molecule has 8 heteroatoms. The summed E-state index contributed by atoms with van der Waals surface area (Å²) in [6.45, 7) is 5.70. The first-order valence-corrected chi connectivity index (χ1v) is 10.6. The van der Waals surface area contributed by atoms with E-state index in [0.717, 1.165) is 36.1 Å². The molecule has 1 aromatic heterocycles. The highest BCUT2D eigenvalue weighted by molar-refractivity contribution is 7.17. The van der Waals surface area contributed by atoms with Gasteiger partial charge < -0.3 is 10.1 Å². The fraction of sp³-hybridized carbons (Fsp3) is 0.429. The summed E-state index contributed by atoms with van der Waals surface area (Å²) in [5.74, 6) is -0.341. The number of carbonyl (C=O) groups is 2. The lowest BCUT2D eigenvalue weighted by Gasteiger charge is -2.20. The van der Waals surface area contributed by atoms with Crippen molar-refractivity contribution in [1.29, 1.82) is 0 Å². The van der Waals surface area contributed by atoms with E-state index in [4.69, 9.17) is 4.74 Å². The third-order valence-corrected chi connectivity index (χ3v) is 6.57. The Bertz CT molecular complexity index is 966. The Labute approximate surface area is 173 Å². The molecule has 0 radical (unpaired) electrons. The van der Waals surface area contributed by atoms with E-state index < -0.39 is 16.8 Å². The summed E-state index contributed by atoms with van der Waals surface area (Å²) in [7, 11) is 0. The number of ether oxygens (including phenoxy) is 1. The van der Waals surface area contributed by atoms with Gasteiger partial charge in [0.1, 0.15) is 5.00 Å². The van der Waals surface area contributed by atoms with Crippen molar-refractivity contribution < 1.29 is 19.2 Å². The molecular weight excluding hydrogens is 392 g/mol. The second kappa shape index (κ2) is 8.73. The van der Waals surface area contributed by atoms with E-state index in [1.165, 1.54) is 23.5 Å². The number of fused-ring (bicyclic) bond motifs is 1. The molecule has 0 unspecified atom stereocenters. The number of thiophene rings is 1. The van der Waals surface area contributed by atoms with E-state index in [-0.39, 0.29) is 17.9 Å². The van der Waals surface area contributed by atoms with Gasteiger partial charge in [0, 0.05) is 22.1 Å². The molecule has 1 atom stereocenters. The van der Waals surface area contributed by atoms with Crippen LogP contribution in [0.2, 0.25) is 0 Å². The fourth-order valence-electron chi connectivity index (χ4n) is 3.75. The van der Waals surface area contributed by atoms with Crippen LogP contribution in [0.3, 0.4) is 0 Å². The first-order chi connectivity index (χ1) is 13.9. The molecule has 0 saturated carbocycles. The first kappa shape index (κ1) is 21.0. The third kappa shape index (κ3) is 4.17. The number of rotatable bonds is 6. The zero-order valence-corrected chi connectivity index (χ0v) is 17.6. The lowest BCUT2D eigenvalue weighted by Crippen LogP contribution is -2.18. The summed E-state index contributed by atoms with van der Waals surface area (Å²) in [5.41, 5.74) is 1.79. The number of nitro groups is 1. The van der Waals surface area contributed by atoms with Gasteiger partial charge in [0.2, 0.25) is 0 Å². The van der Waals surface area contributed by atoms with Crippen LogP contribution in [0.1, 0.15) is 63.4 Å². The van der Waals surface area contributed by atoms with Crippen molar-refractivity contribution in [2.24, 2.45) is 5.92 Å². The van der Waals surface area contributed by atoms with Crippen molar-refractivity contribution in [2.75, 3.05) is 11.9 Å². The zero-order valence-electron chi connectivity index (χ0n) is 16.7. The predicted molar refractivity (Wildman–Crippen MR) is 112 cm³/mol. The largest absolute Gasteiger partial charge is 0.462 e. The predicted octanol–water partition coefficient (Wildman–Crippen LogP) is 4.91. The van der Waals surface area contributed by atoms with E-state index in [9.17, 15) is 19.7 Å². The maximum absolute atomic E-state index is 12.9. The summed E-state index contributed by atoms with van der Waals surface area (Å²) in [4.78, 5) is 37.3. The molecule has 0 aliphatic heterocycles. The molecule has 0 spiro atoms. The van der Waals surface area contributed by atoms with Gasteiger partial charge in [-0.05, 0) is 50.7 Å². The van der Waals surface area contributed by atoms with Crippen molar-refractivity contribution in [3.05, 3.63) is 55.4 Å². The molecule has 0 fully saturated rings. The third-order valence-electron chi connectivity index (χ3n) is 5.40. The van der Waals surface area contributed by atoms with E-state index in [1.54, 1.807) is 19.9 Å². The van der Waals surface area contributed by atoms with Crippen molar-refractivity contribution >= 4 is 33.9 Å². The SMILES string of the molecule is CCOC(=O)c1c(NC(=O)c2cccc([N+](=O)[O-])c2C)sc2c1CC[C@H](CC)C2. The molecule has 1 aliphatic carbocycles. The number of nitro benzene ring substituents is 1. The molecule has 29 heavy (non-hydrogen) atoms. The van der Waals surface area contributed by atoms with Gasteiger partial charge in [-0.3, -0.25) is 14.9 Å². The number of hydrogen-bond acceptors (Lipinski definition) is 6. The number of amides is 1. The Kier molecular flexibility index (Phi) is 6.32. The number of nitrogens with one attached hydrogen (secondary N) is 1. The van der Waals surface area contributed by atoms with Gasteiger partial charge in [-0.2, -0.15) is 0 Å². The molecule has 7 nitrogen and oxygen atoms in total. The van der Waals surface area contributed by atoms with E-state index in [2.05, 4.69) is 12.2 Å².